The molecule has 0 radical (unpaired) electrons. The lowest BCUT2D eigenvalue weighted by atomic mass is 9.95. The molecule has 0 unspecified atom stereocenters. The molecular formula is C26H32N4O4S2. The van der Waals surface area contributed by atoms with E-state index >= 15 is 0 Å². The number of amides is 1. The number of hydrogen-bond donors (Lipinski definition) is 1. The van der Waals surface area contributed by atoms with Gasteiger partial charge in [0.2, 0.25) is 5.91 Å². The average Bonchev–Trinajstić information content (AvgIpc) is 3.43. The van der Waals surface area contributed by atoms with Crippen LogP contribution in [0.25, 0.3) is 11.4 Å². The number of hydrogen-bond acceptors (Lipinski definition) is 8. The minimum Gasteiger partial charge on any atom is -0.494 e. The molecule has 1 aliphatic carbocycles. The summed E-state index contributed by atoms with van der Waals surface area (Å²) in [6.07, 6.45) is 6.04. The van der Waals surface area contributed by atoms with E-state index in [4.69, 9.17) is 9.47 Å². The lowest BCUT2D eigenvalue weighted by molar-refractivity contribution is -0.113. The van der Waals surface area contributed by atoms with Crippen LogP contribution in [-0.2, 0) is 29.4 Å². The predicted octanol–water partition coefficient (Wildman–Crippen LogP) is 5.51. The number of thiophene rings is 1. The molecule has 2 aromatic heterocycles. The molecule has 1 N–H and O–H groups in total. The molecule has 0 spiro atoms. The number of aromatic nitrogens is 3. The van der Waals surface area contributed by atoms with Crippen LogP contribution in [-0.4, -0.2) is 45.6 Å². The number of anilines is 1. The fourth-order valence-corrected chi connectivity index (χ4v) is 6.10. The lowest BCUT2D eigenvalue weighted by Crippen LogP contribution is -2.17. The van der Waals surface area contributed by atoms with Crippen molar-refractivity contribution in [3.63, 3.8) is 0 Å². The number of nitrogens with zero attached hydrogens (tertiary/aromatic N) is 3. The Labute approximate surface area is 219 Å². The fraction of sp³-hybridized carbons (Fsp3) is 0.462. The summed E-state index contributed by atoms with van der Waals surface area (Å²) in [5.41, 5.74) is 2.48. The van der Waals surface area contributed by atoms with Crippen LogP contribution in [0.3, 0.4) is 0 Å². The molecule has 36 heavy (non-hydrogen) atoms. The van der Waals surface area contributed by atoms with Gasteiger partial charge in [-0.05, 0) is 68.9 Å². The Hall–Kier alpha value is -2.85. The second-order valence-electron chi connectivity index (χ2n) is 8.56. The van der Waals surface area contributed by atoms with E-state index in [2.05, 4.69) is 22.4 Å². The van der Waals surface area contributed by atoms with Gasteiger partial charge in [-0.3, -0.25) is 4.79 Å². The normalized spacial score (nSPS) is 12.8. The Balaban J connectivity index is 1.39. The molecule has 1 aliphatic rings. The highest BCUT2D eigenvalue weighted by Crippen LogP contribution is 2.38. The van der Waals surface area contributed by atoms with Crippen LogP contribution in [0.4, 0.5) is 5.00 Å². The Kier molecular flexibility index (Phi) is 9.03. The van der Waals surface area contributed by atoms with Crippen LogP contribution in [0.2, 0.25) is 0 Å². The molecule has 0 bridgehead atoms. The summed E-state index contributed by atoms with van der Waals surface area (Å²) in [7, 11) is 1.88. The van der Waals surface area contributed by atoms with Crippen molar-refractivity contribution < 1.29 is 19.1 Å². The molecule has 8 nitrogen and oxygen atoms in total. The molecule has 0 atom stereocenters. The van der Waals surface area contributed by atoms with Crippen molar-refractivity contribution in [1.82, 2.24) is 14.8 Å². The van der Waals surface area contributed by atoms with E-state index in [1.807, 2.05) is 35.9 Å². The number of esters is 1. The third-order valence-corrected chi connectivity index (χ3v) is 8.18. The highest BCUT2D eigenvalue weighted by molar-refractivity contribution is 7.99. The smallest absolute Gasteiger partial charge is 0.341 e. The van der Waals surface area contributed by atoms with Gasteiger partial charge < -0.3 is 19.4 Å². The third kappa shape index (κ3) is 6.10. The van der Waals surface area contributed by atoms with Crippen molar-refractivity contribution in [1.29, 1.82) is 0 Å². The first-order chi connectivity index (χ1) is 17.5. The number of rotatable bonds is 11. The Morgan fingerprint density at radius 1 is 1.14 bits per heavy atom. The maximum atomic E-state index is 12.8. The van der Waals surface area contributed by atoms with E-state index in [-0.39, 0.29) is 17.6 Å². The van der Waals surface area contributed by atoms with E-state index in [0.717, 1.165) is 55.4 Å². The molecular weight excluding hydrogens is 496 g/mol. The first-order valence-electron chi connectivity index (χ1n) is 12.4. The van der Waals surface area contributed by atoms with E-state index in [1.54, 1.807) is 6.92 Å². The molecule has 192 valence electrons. The fourth-order valence-electron chi connectivity index (χ4n) is 4.09. The van der Waals surface area contributed by atoms with E-state index in [0.29, 0.717) is 34.8 Å². The van der Waals surface area contributed by atoms with Crippen molar-refractivity contribution >= 4 is 40.0 Å². The first kappa shape index (κ1) is 26.2. The molecule has 1 amide bonds. The van der Waals surface area contributed by atoms with Crippen LogP contribution in [0.1, 0.15) is 60.3 Å². The van der Waals surface area contributed by atoms with Crippen LogP contribution >= 0.6 is 23.1 Å². The predicted molar refractivity (Wildman–Crippen MR) is 143 cm³/mol. The largest absolute Gasteiger partial charge is 0.494 e. The summed E-state index contributed by atoms with van der Waals surface area (Å²) in [6, 6.07) is 7.78. The minimum atomic E-state index is -0.362. The quantitative estimate of drug-likeness (QED) is 0.199. The minimum absolute atomic E-state index is 0.154. The van der Waals surface area contributed by atoms with Gasteiger partial charge in [0.25, 0.3) is 0 Å². The molecule has 0 aliphatic heterocycles. The summed E-state index contributed by atoms with van der Waals surface area (Å²) in [5, 5.41) is 12.8. The van der Waals surface area contributed by atoms with E-state index < -0.39 is 0 Å². The summed E-state index contributed by atoms with van der Waals surface area (Å²) >= 11 is 2.80. The molecule has 2 heterocycles. The van der Waals surface area contributed by atoms with Gasteiger partial charge in [-0.15, -0.1) is 21.5 Å². The molecule has 3 aromatic rings. The number of thioether (sulfide) groups is 1. The van der Waals surface area contributed by atoms with Crippen molar-refractivity contribution in [2.45, 2.75) is 57.5 Å². The summed E-state index contributed by atoms with van der Waals surface area (Å²) in [6.45, 7) is 4.93. The number of nitrogens with one attached hydrogen (secondary N) is 1. The molecule has 0 saturated carbocycles. The molecule has 1 aromatic carbocycles. The zero-order valence-corrected chi connectivity index (χ0v) is 22.6. The van der Waals surface area contributed by atoms with Crippen molar-refractivity contribution in [3.8, 4) is 17.1 Å². The third-order valence-electron chi connectivity index (χ3n) is 5.95. The Morgan fingerprint density at radius 3 is 2.67 bits per heavy atom. The molecule has 4 rings (SSSR count). The van der Waals surface area contributed by atoms with Gasteiger partial charge in [0.05, 0.1) is 24.5 Å². The maximum absolute atomic E-state index is 12.8. The summed E-state index contributed by atoms with van der Waals surface area (Å²) < 4.78 is 12.9. The van der Waals surface area contributed by atoms with Gasteiger partial charge in [0, 0.05) is 17.5 Å². The number of ether oxygens (including phenoxy) is 2. The number of unbranched alkanes of at least 4 members (excludes halogenated alkanes) is 1. The van der Waals surface area contributed by atoms with Gasteiger partial charge in [0.1, 0.15) is 10.8 Å². The van der Waals surface area contributed by atoms with Gasteiger partial charge in [-0.2, -0.15) is 0 Å². The second-order valence-corrected chi connectivity index (χ2v) is 10.6. The van der Waals surface area contributed by atoms with Crippen molar-refractivity contribution in [2.24, 2.45) is 7.05 Å². The second kappa shape index (κ2) is 12.4. The van der Waals surface area contributed by atoms with Gasteiger partial charge >= 0.3 is 5.97 Å². The van der Waals surface area contributed by atoms with Crippen LogP contribution in [0.15, 0.2) is 29.4 Å². The number of carbonyl (C=O) groups excluding carboxylic acids is 2. The highest BCUT2D eigenvalue weighted by atomic mass is 32.2. The van der Waals surface area contributed by atoms with E-state index in [1.165, 1.54) is 28.0 Å². The van der Waals surface area contributed by atoms with Gasteiger partial charge in [-0.1, -0.05) is 25.1 Å². The number of benzene rings is 1. The number of carbonyl (C=O) groups is 2. The standard InChI is InChI=1S/C26H32N4O4S2/c1-4-6-15-34-18-13-11-17(12-14-18)23-28-29-26(30(23)3)35-16-21(31)27-24-22(25(32)33-5-2)19-9-7-8-10-20(19)36-24/h11-14H,4-10,15-16H2,1-3H3,(H,27,31). The topological polar surface area (TPSA) is 95.3 Å². The van der Waals surface area contributed by atoms with Crippen LogP contribution in [0, 0.1) is 0 Å². The molecule has 0 fully saturated rings. The maximum Gasteiger partial charge on any atom is 0.341 e. The van der Waals surface area contributed by atoms with Crippen molar-refractivity contribution in [3.05, 3.63) is 40.3 Å². The Bertz CT molecular complexity index is 1200. The Morgan fingerprint density at radius 2 is 1.92 bits per heavy atom. The molecule has 0 saturated heterocycles. The zero-order chi connectivity index (χ0) is 25.5. The zero-order valence-electron chi connectivity index (χ0n) is 21.0. The van der Waals surface area contributed by atoms with Crippen LogP contribution < -0.4 is 10.1 Å². The van der Waals surface area contributed by atoms with Crippen LogP contribution in [0.5, 0.6) is 5.75 Å². The van der Waals surface area contributed by atoms with Crippen molar-refractivity contribution in [2.75, 3.05) is 24.3 Å². The summed E-state index contributed by atoms with van der Waals surface area (Å²) in [5.74, 6) is 1.15. The monoisotopic (exact) mass is 528 g/mol. The van der Waals surface area contributed by atoms with Gasteiger partial charge in [-0.25, -0.2) is 4.79 Å². The molecule has 10 heteroatoms. The van der Waals surface area contributed by atoms with E-state index in [9.17, 15) is 9.59 Å². The summed E-state index contributed by atoms with van der Waals surface area (Å²) in [4.78, 5) is 26.6. The first-order valence-corrected chi connectivity index (χ1v) is 14.2. The highest BCUT2D eigenvalue weighted by Gasteiger charge is 2.27. The average molecular weight is 529 g/mol. The van der Waals surface area contributed by atoms with Gasteiger partial charge in [0.15, 0.2) is 11.0 Å². The number of aryl methyl sites for hydroxylation is 1. The number of fused-ring (bicyclic) bond motifs is 1. The SMILES string of the molecule is CCCCOc1ccc(-c2nnc(SCC(=O)Nc3sc4c(c3C(=O)OCC)CCCC4)n2C)cc1. The lowest BCUT2D eigenvalue weighted by Gasteiger charge is -2.12.